The van der Waals surface area contributed by atoms with E-state index in [0.29, 0.717) is 0 Å². The van der Waals surface area contributed by atoms with Crippen LogP contribution in [0.1, 0.15) is 19.4 Å². The van der Waals surface area contributed by atoms with E-state index in [2.05, 4.69) is 26.5 Å². The van der Waals surface area contributed by atoms with Crippen LogP contribution in [0.4, 0.5) is 0 Å². The SMILES string of the molecule is C/C(=N/NC(=O)[C@H](C)Sc1ccccc1)c1cccc(Br)c1. The molecule has 0 fully saturated rings. The zero-order valence-electron chi connectivity index (χ0n) is 12.4. The molecular formula is C17H17BrN2OS. The van der Waals surface area contributed by atoms with E-state index in [0.717, 1.165) is 20.6 Å². The monoisotopic (exact) mass is 376 g/mol. The van der Waals surface area contributed by atoms with Crippen molar-refractivity contribution in [2.45, 2.75) is 24.0 Å². The molecule has 0 aliphatic carbocycles. The number of thioether (sulfide) groups is 1. The molecule has 0 saturated heterocycles. The molecule has 2 rings (SSSR count). The van der Waals surface area contributed by atoms with Crippen LogP contribution in [0.5, 0.6) is 0 Å². The summed E-state index contributed by atoms with van der Waals surface area (Å²) in [5.74, 6) is -0.108. The first-order valence-corrected chi connectivity index (χ1v) is 8.55. The lowest BCUT2D eigenvalue weighted by Gasteiger charge is -2.10. The Hall–Kier alpha value is -1.59. The molecular weight excluding hydrogens is 360 g/mol. The van der Waals surface area contributed by atoms with Crippen molar-refractivity contribution in [2.24, 2.45) is 5.10 Å². The second-order valence-electron chi connectivity index (χ2n) is 4.76. The van der Waals surface area contributed by atoms with E-state index in [-0.39, 0.29) is 11.2 Å². The van der Waals surface area contributed by atoms with Gasteiger partial charge in [-0.25, -0.2) is 5.43 Å². The molecule has 0 spiro atoms. The number of halogens is 1. The molecule has 0 aliphatic rings. The lowest BCUT2D eigenvalue weighted by molar-refractivity contribution is -0.120. The summed E-state index contributed by atoms with van der Waals surface area (Å²) in [5, 5.41) is 3.97. The number of carbonyl (C=O) groups is 1. The fourth-order valence-corrected chi connectivity index (χ4v) is 3.05. The van der Waals surface area contributed by atoms with Crippen LogP contribution in [0.3, 0.4) is 0 Å². The smallest absolute Gasteiger partial charge is 0.253 e. The van der Waals surface area contributed by atoms with Crippen molar-refractivity contribution in [2.75, 3.05) is 0 Å². The number of benzene rings is 2. The van der Waals surface area contributed by atoms with Gasteiger partial charge in [0.2, 0.25) is 0 Å². The maximum atomic E-state index is 12.1. The third kappa shape index (κ3) is 5.00. The van der Waals surface area contributed by atoms with Gasteiger partial charge in [0.15, 0.2) is 0 Å². The number of amides is 1. The molecule has 0 heterocycles. The molecule has 0 aliphatic heterocycles. The van der Waals surface area contributed by atoms with Crippen LogP contribution >= 0.6 is 27.7 Å². The van der Waals surface area contributed by atoms with Gasteiger partial charge < -0.3 is 0 Å². The van der Waals surface area contributed by atoms with Crippen LogP contribution in [-0.2, 0) is 4.79 Å². The van der Waals surface area contributed by atoms with Gasteiger partial charge in [0, 0.05) is 9.37 Å². The predicted octanol–water partition coefficient (Wildman–Crippen LogP) is 4.47. The van der Waals surface area contributed by atoms with Crippen molar-refractivity contribution < 1.29 is 4.79 Å². The van der Waals surface area contributed by atoms with Crippen LogP contribution in [0.15, 0.2) is 69.1 Å². The van der Waals surface area contributed by atoms with E-state index in [1.54, 1.807) is 0 Å². The molecule has 114 valence electrons. The van der Waals surface area contributed by atoms with E-state index in [9.17, 15) is 4.79 Å². The first-order chi connectivity index (χ1) is 10.6. The fraction of sp³-hybridized carbons (Fsp3) is 0.176. The van der Waals surface area contributed by atoms with Gasteiger partial charge in [-0.05, 0) is 43.7 Å². The highest BCUT2D eigenvalue weighted by Crippen LogP contribution is 2.22. The maximum absolute atomic E-state index is 12.1. The van der Waals surface area contributed by atoms with Crippen molar-refractivity contribution in [1.82, 2.24) is 5.43 Å². The lowest BCUT2D eigenvalue weighted by Crippen LogP contribution is -2.27. The number of nitrogens with zero attached hydrogens (tertiary/aromatic N) is 1. The average Bonchev–Trinajstić information content (AvgIpc) is 2.53. The second-order valence-corrected chi connectivity index (χ2v) is 7.09. The molecule has 0 unspecified atom stereocenters. The summed E-state index contributed by atoms with van der Waals surface area (Å²) in [5.41, 5.74) is 4.37. The molecule has 22 heavy (non-hydrogen) atoms. The topological polar surface area (TPSA) is 41.5 Å². The van der Waals surface area contributed by atoms with Crippen molar-refractivity contribution in [3.8, 4) is 0 Å². The second kappa shape index (κ2) is 8.15. The Morgan fingerprint density at radius 1 is 1.18 bits per heavy atom. The standard InChI is InChI=1S/C17H17BrN2OS/c1-12(14-7-6-8-15(18)11-14)19-20-17(21)13(2)22-16-9-4-3-5-10-16/h3-11,13H,1-2H3,(H,20,21)/b19-12-/t13-/m0/s1. The Morgan fingerprint density at radius 2 is 1.91 bits per heavy atom. The minimum absolute atomic E-state index is 0.108. The van der Waals surface area contributed by atoms with E-state index in [1.165, 1.54) is 11.8 Å². The lowest BCUT2D eigenvalue weighted by atomic mass is 10.1. The largest absolute Gasteiger partial charge is 0.272 e. The van der Waals surface area contributed by atoms with Crippen molar-refractivity contribution in [3.05, 3.63) is 64.6 Å². The summed E-state index contributed by atoms with van der Waals surface area (Å²) in [6, 6.07) is 17.7. The van der Waals surface area contributed by atoms with Crippen LogP contribution < -0.4 is 5.43 Å². The Kier molecular flexibility index (Phi) is 6.21. The Bertz CT molecular complexity index is 673. The number of hydrazone groups is 1. The van der Waals surface area contributed by atoms with Crippen molar-refractivity contribution in [1.29, 1.82) is 0 Å². The number of carbonyl (C=O) groups excluding carboxylic acids is 1. The van der Waals surface area contributed by atoms with Gasteiger partial charge in [0.25, 0.3) is 5.91 Å². The van der Waals surface area contributed by atoms with Gasteiger partial charge in [-0.15, -0.1) is 11.8 Å². The third-order valence-corrected chi connectivity index (χ3v) is 4.61. The summed E-state index contributed by atoms with van der Waals surface area (Å²) < 4.78 is 0.985. The number of hydrogen-bond acceptors (Lipinski definition) is 3. The summed E-state index contributed by atoms with van der Waals surface area (Å²) >= 11 is 4.94. The summed E-state index contributed by atoms with van der Waals surface area (Å²) in [7, 11) is 0. The molecule has 1 N–H and O–H groups in total. The highest BCUT2D eigenvalue weighted by molar-refractivity contribution is 9.10. The highest BCUT2D eigenvalue weighted by Gasteiger charge is 2.13. The molecule has 0 bridgehead atoms. The molecule has 0 radical (unpaired) electrons. The Morgan fingerprint density at radius 3 is 2.59 bits per heavy atom. The van der Waals surface area contributed by atoms with E-state index in [1.807, 2.05) is 68.4 Å². The van der Waals surface area contributed by atoms with Gasteiger partial charge in [-0.1, -0.05) is 46.3 Å². The summed E-state index contributed by atoms with van der Waals surface area (Å²) in [6.07, 6.45) is 0. The first kappa shape index (κ1) is 16.8. The molecule has 0 saturated carbocycles. The van der Waals surface area contributed by atoms with E-state index in [4.69, 9.17) is 0 Å². The van der Waals surface area contributed by atoms with Gasteiger partial charge in [-0.3, -0.25) is 4.79 Å². The van der Waals surface area contributed by atoms with E-state index >= 15 is 0 Å². The zero-order valence-corrected chi connectivity index (χ0v) is 14.8. The van der Waals surface area contributed by atoms with Gasteiger partial charge in [-0.2, -0.15) is 5.10 Å². The normalized spacial score (nSPS) is 12.8. The number of rotatable bonds is 5. The third-order valence-electron chi connectivity index (χ3n) is 3.00. The van der Waals surface area contributed by atoms with Crippen LogP contribution in [0, 0.1) is 0 Å². The zero-order chi connectivity index (χ0) is 15.9. The molecule has 3 nitrogen and oxygen atoms in total. The van der Waals surface area contributed by atoms with Gasteiger partial charge in [0.05, 0.1) is 11.0 Å². The summed E-state index contributed by atoms with van der Waals surface area (Å²) in [6.45, 7) is 3.74. The van der Waals surface area contributed by atoms with Crippen molar-refractivity contribution in [3.63, 3.8) is 0 Å². The minimum Gasteiger partial charge on any atom is -0.272 e. The first-order valence-electron chi connectivity index (χ1n) is 6.88. The fourth-order valence-electron chi connectivity index (χ4n) is 1.76. The van der Waals surface area contributed by atoms with Gasteiger partial charge >= 0.3 is 0 Å². The molecule has 0 aromatic heterocycles. The average molecular weight is 377 g/mol. The quantitative estimate of drug-likeness (QED) is 0.475. The highest BCUT2D eigenvalue weighted by atomic mass is 79.9. The van der Waals surface area contributed by atoms with Crippen LogP contribution in [0.2, 0.25) is 0 Å². The molecule has 1 atom stereocenters. The van der Waals surface area contributed by atoms with E-state index < -0.39 is 0 Å². The minimum atomic E-state index is -0.207. The van der Waals surface area contributed by atoms with Gasteiger partial charge in [0.1, 0.15) is 0 Å². The number of nitrogens with one attached hydrogen (secondary N) is 1. The molecule has 5 heteroatoms. The Balaban J connectivity index is 1.95. The summed E-state index contributed by atoms with van der Waals surface area (Å²) in [4.78, 5) is 13.2. The van der Waals surface area contributed by atoms with Crippen LogP contribution in [0.25, 0.3) is 0 Å². The molecule has 1 amide bonds. The predicted molar refractivity (Wildman–Crippen MR) is 96.3 cm³/mol. The van der Waals surface area contributed by atoms with Crippen LogP contribution in [-0.4, -0.2) is 16.9 Å². The Labute approximate surface area is 143 Å². The number of hydrogen-bond donors (Lipinski definition) is 1. The molecule has 2 aromatic carbocycles. The van der Waals surface area contributed by atoms with Crippen molar-refractivity contribution >= 4 is 39.3 Å². The maximum Gasteiger partial charge on any atom is 0.253 e. The molecule has 2 aromatic rings.